The van der Waals surface area contributed by atoms with E-state index in [9.17, 15) is 14.9 Å². The monoisotopic (exact) mass is 462 g/mol. The molecule has 0 bridgehead atoms. The first-order chi connectivity index (χ1) is 16.1. The van der Waals surface area contributed by atoms with Gasteiger partial charge in [0.1, 0.15) is 5.58 Å². The molecule has 1 atom stereocenters. The molecule has 1 aliphatic rings. The van der Waals surface area contributed by atoms with Gasteiger partial charge in [0.15, 0.2) is 5.76 Å². The number of anilines is 1. The van der Waals surface area contributed by atoms with Gasteiger partial charge in [0, 0.05) is 35.3 Å². The van der Waals surface area contributed by atoms with Crippen molar-refractivity contribution in [3.05, 3.63) is 69.0 Å². The summed E-state index contributed by atoms with van der Waals surface area (Å²) in [5.74, 6) is -0.0594. The number of furan rings is 1. The Hall–Kier alpha value is -3.68. The number of nitro benzene ring substituents is 1. The van der Waals surface area contributed by atoms with Crippen molar-refractivity contribution in [1.29, 1.82) is 0 Å². The molecule has 0 spiro atoms. The van der Waals surface area contributed by atoms with E-state index in [2.05, 4.69) is 55.3 Å². The number of nitrogens with zero attached hydrogens (tertiary/aromatic N) is 3. The van der Waals surface area contributed by atoms with Gasteiger partial charge in [-0.25, -0.2) is 5.43 Å². The van der Waals surface area contributed by atoms with Gasteiger partial charge in [-0.1, -0.05) is 13.8 Å². The van der Waals surface area contributed by atoms with E-state index in [1.54, 1.807) is 6.21 Å². The summed E-state index contributed by atoms with van der Waals surface area (Å²) in [4.78, 5) is 25.5. The first kappa shape index (κ1) is 23.5. The Labute approximate surface area is 198 Å². The average molecular weight is 463 g/mol. The lowest BCUT2D eigenvalue weighted by Crippen LogP contribution is -2.48. The molecule has 1 N–H and O–H groups in total. The zero-order chi connectivity index (χ0) is 24.6. The highest BCUT2D eigenvalue weighted by Gasteiger charge is 2.36. The highest BCUT2D eigenvalue weighted by molar-refractivity contribution is 5.97. The van der Waals surface area contributed by atoms with Crippen LogP contribution in [0, 0.1) is 17.0 Å². The van der Waals surface area contributed by atoms with Crippen molar-refractivity contribution in [1.82, 2.24) is 5.43 Å². The minimum absolute atomic E-state index is 0.0425. The van der Waals surface area contributed by atoms with E-state index < -0.39 is 10.8 Å². The molecule has 2 aromatic carbocycles. The molecule has 3 aromatic rings. The van der Waals surface area contributed by atoms with Gasteiger partial charge in [0.05, 0.1) is 11.1 Å². The summed E-state index contributed by atoms with van der Waals surface area (Å²) in [6.45, 7) is 12.1. The second kappa shape index (κ2) is 8.93. The van der Waals surface area contributed by atoms with Crippen LogP contribution in [0.25, 0.3) is 11.0 Å². The highest BCUT2D eigenvalue weighted by atomic mass is 16.6. The Morgan fingerprint density at radius 1 is 1.32 bits per heavy atom. The zero-order valence-corrected chi connectivity index (χ0v) is 20.2. The number of fused-ring (bicyclic) bond motifs is 2. The van der Waals surface area contributed by atoms with Crippen LogP contribution in [0.4, 0.5) is 11.4 Å². The predicted molar refractivity (Wildman–Crippen MR) is 134 cm³/mol. The van der Waals surface area contributed by atoms with E-state index in [1.165, 1.54) is 35.5 Å². The molecule has 0 fully saturated rings. The van der Waals surface area contributed by atoms with E-state index in [-0.39, 0.29) is 17.0 Å². The number of aryl methyl sites for hydroxylation is 1. The van der Waals surface area contributed by atoms with E-state index >= 15 is 0 Å². The summed E-state index contributed by atoms with van der Waals surface area (Å²) >= 11 is 0. The van der Waals surface area contributed by atoms with Crippen molar-refractivity contribution >= 4 is 34.5 Å². The number of carbonyl (C=O) groups is 1. The molecule has 34 heavy (non-hydrogen) atoms. The van der Waals surface area contributed by atoms with Crippen LogP contribution in [0.5, 0.6) is 0 Å². The number of non-ortho nitro benzene ring substituents is 1. The number of carbonyl (C=O) groups excluding carboxylic acids is 1. The van der Waals surface area contributed by atoms with Crippen LogP contribution >= 0.6 is 0 Å². The lowest BCUT2D eigenvalue weighted by atomic mass is 9.79. The maximum absolute atomic E-state index is 12.5. The molecule has 8 heteroatoms. The fourth-order valence-corrected chi connectivity index (χ4v) is 4.91. The number of amides is 1. The molecule has 1 unspecified atom stereocenters. The minimum atomic E-state index is -0.519. The van der Waals surface area contributed by atoms with Gasteiger partial charge in [-0.05, 0) is 80.5 Å². The first-order valence-electron chi connectivity index (χ1n) is 11.5. The predicted octanol–water partition coefficient (Wildman–Crippen LogP) is 5.92. The first-order valence-corrected chi connectivity index (χ1v) is 11.5. The molecular weight excluding hydrogens is 432 g/mol. The molecule has 1 amide bonds. The van der Waals surface area contributed by atoms with E-state index in [4.69, 9.17) is 4.42 Å². The summed E-state index contributed by atoms with van der Waals surface area (Å²) in [6, 6.07) is 10.1. The van der Waals surface area contributed by atoms with Crippen LogP contribution in [0.2, 0.25) is 0 Å². The SMILES string of the molecule is CCCN1c2cc(C)c(/C=N\NC(=O)c3cc4cc([N+](=O)[O-])ccc4o3)cc2C(C)CC1(C)C. The minimum Gasteiger partial charge on any atom is -0.451 e. The third kappa shape index (κ3) is 4.40. The van der Waals surface area contributed by atoms with Gasteiger partial charge in [-0.3, -0.25) is 14.9 Å². The smallest absolute Gasteiger partial charge is 0.307 e. The van der Waals surface area contributed by atoms with E-state index in [0.29, 0.717) is 16.9 Å². The molecule has 0 aliphatic carbocycles. The Morgan fingerprint density at radius 3 is 2.79 bits per heavy atom. The second-order valence-electron chi connectivity index (χ2n) is 9.63. The van der Waals surface area contributed by atoms with Crippen molar-refractivity contribution < 1.29 is 14.1 Å². The van der Waals surface area contributed by atoms with Gasteiger partial charge < -0.3 is 9.32 Å². The third-order valence-corrected chi connectivity index (χ3v) is 6.52. The van der Waals surface area contributed by atoms with Gasteiger partial charge in [-0.2, -0.15) is 5.10 Å². The van der Waals surface area contributed by atoms with Crippen LogP contribution < -0.4 is 10.3 Å². The van der Waals surface area contributed by atoms with Crippen molar-refractivity contribution in [2.45, 2.75) is 58.9 Å². The van der Waals surface area contributed by atoms with Crippen LogP contribution in [-0.4, -0.2) is 29.1 Å². The Balaban J connectivity index is 1.54. The summed E-state index contributed by atoms with van der Waals surface area (Å²) in [7, 11) is 0. The maximum Gasteiger partial charge on any atom is 0.307 e. The normalized spacial score (nSPS) is 17.2. The average Bonchev–Trinajstić information content (AvgIpc) is 3.20. The molecule has 0 saturated carbocycles. The lowest BCUT2D eigenvalue weighted by molar-refractivity contribution is -0.384. The highest BCUT2D eigenvalue weighted by Crippen LogP contribution is 2.44. The molecule has 1 aromatic heterocycles. The van der Waals surface area contributed by atoms with Gasteiger partial charge >= 0.3 is 5.91 Å². The number of nitro groups is 1. The summed E-state index contributed by atoms with van der Waals surface area (Å²) in [5, 5.41) is 15.6. The Bertz CT molecular complexity index is 1290. The van der Waals surface area contributed by atoms with Crippen LogP contribution in [-0.2, 0) is 0 Å². The van der Waals surface area contributed by atoms with Crippen molar-refractivity contribution in [2.75, 3.05) is 11.4 Å². The number of hydrogen-bond acceptors (Lipinski definition) is 6. The number of nitrogens with one attached hydrogen (secondary N) is 1. The molecule has 8 nitrogen and oxygen atoms in total. The number of hydrogen-bond donors (Lipinski definition) is 1. The summed E-state index contributed by atoms with van der Waals surface area (Å²) in [5.41, 5.74) is 7.55. The molecular formula is C26H30N4O4. The van der Waals surface area contributed by atoms with E-state index in [1.807, 2.05) is 6.92 Å². The molecule has 4 rings (SSSR count). The maximum atomic E-state index is 12.5. The molecule has 1 aliphatic heterocycles. The number of benzene rings is 2. The van der Waals surface area contributed by atoms with Gasteiger partial charge in [0.2, 0.25) is 0 Å². The van der Waals surface area contributed by atoms with Crippen LogP contribution in [0.3, 0.4) is 0 Å². The standard InChI is InChI=1S/C26H30N4O4/c1-6-9-29-22-10-16(2)19(12-21(22)17(3)14-26(29,4)5)15-27-28-25(31)24-13-18-11-20(30(32)33)7-8-23(18)34-24/h7-8,10-13,15,17H,6,9,14H2,1-5H3,(H,28,31)/b27-15-. The van der Waals surface area contributed by atoms with Gasteiger partial charge in [0.25, 0.3) is 5.69 Å². The fourth-order valence-electron chi connectivity index (χ4n) is 4.91. The quantitative estimate of drug-likeness (QED) is 0.279. The summed E-state index contributed by atoms with van der Waals surface area (Å²) in [6.07, 6.45) is 3.80. The molecule has 0 saturated heterocycles. The zero-order valence-electron chi connectivity index (χ0n) is 20.2. The third-order valence-electron chi connectivity index (χ3n) is 6.52. The topological polar surface area (TPSA) is 101 Å². The molecule has 178 valence electrons. The van der Waals surface area contributed by atoms with Gasteiger partial charge in [-0.15, -0.1) is 0 Å². The van der Waals surface area contributed by atoms with Crippen LogP contribution in [0.15, 0.2) is 45.9 Å². The largest absolute Gasteiger partial charge is 0.451 e. The summed E-state index contributed by atoms with van der Waals surface area (Å²) < 4.78 is 5.52. The van der Waals surface area contributed by atoms with Crippen molar-refractivity contribution in [2.24, 2.45) is 5.10 Å². The molecule has 2 heterocycles. The number of rotatable bonds is 6. The second-order valence-corrected chi connectivity index (χ2v) is 9.63. The Kier molecular flexibility index (Phi) is 6.17. The van der Waals surface area contributed by atoms with Crippen molar-refractivity contribution in [3.8, 4) is 0 Å². The fraction of sp³-hybridized carbons (Fsp3) is 0.385. The Morgan fingerprint density at radius 2 is 2.09 bits per heavy atom. The van der Waals surface area contributed by atoms with Crippen LogP contribution in [0.1, 0.15) is 73.7 Å². The number of hydrazone groups is 1. The van der Waals surface area contributed by atoms with Crippen molar-refractivity contribution in [3.63, 3.8) is 0 Å². The lowest BCUT2D eigenvalue weighted by Gasteiger charge is -2.48. The molecule has 0 radical (unpaired) electrons. The van der Waals surface area contributed by atoms with E-state index in [0.717, 1.165) is 30.5 Å².